The highest BCUT2D eigenvalue weighted by Crippen LogP contribution is 2.32. The molecule has 0 amide bonds. The lowest BCUT2D eigenvalue weighted by atomic mass is 10.1. The molecule has 1 aromatic heterocycles. The number of anilines is 1. The van der Waals surface area contributed by atoms with Gasteiger partial charge in [-0.1, -0.05) is 6.07 Å². The Kier molecular flexibility index (Phi) is 3.70. The summed E-state index contributed by atoms with van der Waals surface area (Å²) in [5, 5.41) is 11.5. The van der Waals surface area contributed by atoms with Crippen LogP contribution in [0.1, 0.15) is 22.6 Å². The van der Waals surface area contributed by atoms with E-state index in [9.17, 15) is 13.2 Å². The Balaban J connectivity index is 2.15. The highest BCUT2D eigenvalue weighted by molar-refractivity contribution is 5.53. The van der Waals surface area contributed by atoms with Gasteiger partial charge in [-0.3, -0.25) is 0 Å². The molecule has 0 fully saturated rings. The summed E-state index contributed by atoms with van der Waals surface area (Å²) in [4.78, 5) is 0. The van der Waals surface area contributed by atoms with Gasteiger partial charge in [-0.25, -0.2) is 0 Å². The monoisotopic (exact) mass is 280 g/mol. The van der Waals surface area contributed by atoms with Crippen molar-refractivity contribution in [1.29, 1.82) is 5.26 Å². The van der Waals surface area contributed by atoms with Crippen molar-refractivity contribution in [3.63, 3.8) is 0 Å². The second-order valence-corrected chi connectivity index (χ2v) is 4.26. The van der Waals surface area contributed by atoms with Crippen molar-refractivity contribution in [3.05, 3.63) is 53.0 Å². The minimum atomic E-state index is -4.37. The molecule has 2 rings (SSSR count). The molecule has 20 heavy (non-hydrogen) atoms. The maximum absolute atomic E-state index is 12.6. The fourth-order valence-corrected chi connectivity index (χ4v) is 1.70. The number of benzene rings is 1. The minimum Gasteiger partial charge on any atom is -0.449 e. The number of furan rings is 1. The second kappa shape index (κ2) is 5.29. The molecule has 104 valence electrons. The largest absolute Gasteiger partial charge is 0.449 e. The summed E-state index contributed by atoms with van der Waals surface area (Å²) >= 11 is 0. The van der Waals surface area contributed by atoms with Crippen LogP contribution in [0.5, 0.6) is 0 Å². The fraction of sp³-hybridized carbons (Fsp3) is 0.214. The first-order chi connectivity index (χ1) is 9.40. The molecular formula is C14H11F3N2O. The van der Waals surface area contributed by atoms with Gasteiger partial charge in [0.25, 0.3) is 0 Å². The molecule has 1 N–H and O–H groups in total. The Bertz CT molecular complexity index is 653. The van der Waals surface area contributed by atoms with Crippen LogP contribution in [0.3, 0.4) is 0 Å². The van der Waals surface area contributed by atoms with Crippen molar-refractivity contribution in [2.45, 2.75) is 19.6 Å². The van der Waals surface area contributed by atoms with Crippen molar-refractivity contribution < 1.29 is 17.6 Å². The van der Waals surface area contributed by atoms with Gasteiger partial charge in [-0.15, -0.1) is 0 Å². The Morgan fingerprint density at radius 2 is 2.00 bits per heavy atom. The molecule has 0 aliphatic rings. The average molecular weight is 280 g/mol. The summed E-state index contributed by atoms with van der Waals surface area (Å²) in [6.07, 6.45) is -4.37. The zero-order valence-electron chi connectivity index (χ0n) is 10.6. The van der Waals surface area contributed by atoms with Gasteiger partial charge in [-0.2, -0.15) is 18.4 Å². The van der Waals surface area contributed by atoms with Gasteiger partial charge >= 0.3 is 6.18 Å². The number of hydrogen-bond donors (Lipinski definition) is 1. The maximum atomic E-state index is 12.6. The van der Waals surface area contributed by atoms with E-state index in [0.717, 1.165) is 12.1 Å². The van der Waals surface area contributed by atoms with E-state index in [1.807, 2.05) is 6.07 Å². The number of aryl methyl sites for hydroxylation is 1. The van der Waals surface area contributed by atoms with Crippen molar-refractivity contribution in [3.8, 4) is 6.07 Å². The van der Waals surface area contributed by atoms with Crippen LogP contribution in [0.4, 0.5) is 18.9 Å². The first-order valence-electron chi connectivity index (χ1n) is 5.80. The molecule has 0 unspecified atom stereocenters. The number of nitriles is 1. The molecule has 0 saturated carbocycles. The number of alkyl halides is 3. The van der Waals surface area contributed by atoms with Crippen LogP contribution in [0.25, 0.3) is 0 Å². The molecule has 3 nitrogen and oxygen atoms in total. The fourth-order valence-electron chi connectivity index (χ4n) is 1.70. The summed E-state index contributed by atoms with van der Waals surface area (Å²) in [5.74, 6) is 0.654. The lowest BCUT2D eigenvalue weighted by Crippen LogP contribution is -2.07. The van der Waals surface area contributed by atoms with Crippen LogP contribution in [0, 0.1) is 18.3 Å². The zero-order chi connectivity index (χ0) is 14.8. The molecular weight excluding hydrogens is 269 g/mol. The Labute approximate surface area is 113 Å². The summed E-state index contributed by atoms with van der Waals surface area (Å²) in [6.45, 7) is 1.93. The molecule has 0 saturated heterocycles. The SMILES string of the molecule is Cc1ccc(C(F)(F)F)cc1NCc1ccc(C#N)o1. The number of hydrogen-bond acceptors (Lipinski definition) is 3. The number of halogens is 3. The van der Waals surface area contributed by atoms with Crippen LogP contribution in [0.2, 0.25) is 0 Å². The van der Waals surface area contributed by atoms with Crippen LogP contribution in [-0.4, -0.2) is 0 Å². The van der Waals surface area contributed by atoms with E-state index in [4.69, 9.17) is 9.68 Å². The standard InChI is InChI=1S/C14H11F3N2O/c1-9-2-3-10(14(15,16)17)6-13(9)19-8-12-5-4-11(7-18)20-12/h2-6,19H,8H2,1H3. The summed E-state index contributed by atoms with van der Waals surface area (Å²) in [7, 11) is 0. The van der Waals surface area contributed by atoms with E-state index in [1.165, 1.54) is 12.1 Å². The summed E-state index contributed by atoms with van der Waals surface area (Å²) in [6, 6.07) is 8.47. The van der Waals surface area contributed by atoms with Crippen LogP contribution in [-0.2, 0) is 12.7 Å². The Hall–Kier alpha value is -2.42. The van der Waals surface area contributed by atoms with E-state index in [2.05, 4.69) is 5.32 Å². The van der Waals surface area contributed by atoms with E-state index in [0.29, 0.717) is 17.0 Å². The third kappa shape index (κ3) is 3.12. The van der Waals surface area contributed by atoms with E-state index in [-0.39, 0.29) is 12.3 Å². The van der Waals surface area contributed by atoms with Crippen molar-refractivity contribution >= 4 is 5.69 Å². The summed E-state index contributed by atoms with van der Waals surface area (Å²) in [5.41, 5.74) is 0.377. The van der Waals surface area contributed by atoms with Gasteiger partial charge in [0.2, 0.25) is 5.76 Å². The van der Waals surface area contributed by atoms with Gasteiger partial charge in [0.05, 0.1) is 12.1 Å². The van der Waals surface area contributed by atoms with E-state index < -0.39 is 11.7 Å². The third-order valence-electron chi connectivity index (χ3n) is 2.79. The number of rotatable bonds is 3. The quantitative estimate of drug-likeness (QED) is 0.921. The molecule has 0 radical (unpaired) electrons. The van der Waals surface area contributed by atoms with Gasteiger partial charge in [0.15, 0.2) is 0 Å². The number of nitrogens with one attached hydrogen (secondary N) is 1. The molecule has 0 aliphatic carbocycles. The second-order valence-electron chi connectivity index (χ2n) is 4.26. The molecule has 0 spiro atoms. The number of nitrogens with zero attached hydrogens (tertiary/aromatic N) is 1. The first kappa shape index (κ1) is 14.0. The van der Waals surface area contributed by atoms with Gasteiger partial charge < -0.3 is 9.73 Å². The molecule has 1 heterocycles. The maximum Gasteiger partial charge on any atom is 0.416 e. The van der Waals surface area contributed by atoms with Crippen molar-refractivity contribution in [1.82, 2.24) is 0 Å². The lowest BCUT2D eigenvalue weighted by molar-refractivity contribution is -0.137. The van der Waals surface area contributed by atoms with Crippen LogP contribution >= 0.6 is 0 Å². The zero-order valence-corrected chi connectivity index (χ0v) is 10.6. The molecule has 0 atom stereocenters. The molecule has 1 aromatic carbocycles. The molecule has 0 aliphatic heterocycles. The third-order valence-corrected chi connectivity index (χ3v) is 2.79. The van der Waals surface area contributed by atoms with E-state index >= 15 is 0 Å². The minimum absolute atomic E-state index is 0.169. The smallest absolute Gasteiger partial charge is 0.416 e. The van der Waals surface area contributed by atoms with Gasteiger partial charge in [0, 0.05) is 5.69 Å². The lowest BCUT2D eigenvalue weighted by Gasteiger charge is -2.12. The van der Waals surface area contributed by atoms with Crippen LogP contribution < -0.4 is 5.32 Å². The van der Waals surface area contributed by atoms with Crippen molar-refractivity contribution in [2.75, 3.05) is 5.32 Å². The van der Waals surface area contributed by atoms with Crippen molar-refractivity contribution in [2.24, 2.45) is 0 Å². The first-order valence-corrected chi connectivity index (χ1v) is 5.80. The Morgan fingerprint density at radius 1 is 1.25 bits per heavy atom. The molecule has 0 bridgehead atoms. The van der Waals surface area contributed by atoms with Gasteiger partial charge in [-0.05, 0) is 36.8 Å². The van der Waals surface area contributed by atoms with Gasteiger partial charge in [0.1, 0.15) is 11.8 Å². The predicted octanol–water partition coefficient (Wildman–Crippen LogP) is 4.09. The average Bonchev–Trinajstić information content (AvgIpc) is 2.84. The van der Waals surface area contributed by atoms with Crippen LogP contribution in [0.15, 0.2) is 34.7 Å². The highest BCUT2D eigenvalue weighted by atomic mass is 19.4. The normalized spacial score (nSPS) is 11.2. The van der Waals surface area contributed by atoms with E-state index in [1.54, 1.807) is 13.0 Å². The topological polar surface area (TPSA) is 49.0 Å². The molecule has 2 aromatic rings. The Morgan fingerprint density at radius 3 is 2.60 bits per heavy atom. The predicted molar refractivity (Wildman–Crippen MR) is 66.9 cm³/mol. The highest BCUT2D eigenvalue weighted by Gasteiger charge is 2.30. The summed E-state index contributed by atoms with van der Waals surface area (Å²) < 4.78 is 43.0. The molecule has 6 heteroatoms.